The molecule has 0 saturated heterocycles. The summed E-state index contributed by atoms with van der Waals surface area (Å²) < 4.78 is 0. The minimum absolute atomic E-state index is 0.799. The van der Waals surface area contributed by atoms with Crippen molar-refractivity contribution < 1.29 is 0 Å². The van der Waals surface area contributed by atoms with Crippen LogP contribution in [0.25, 0.3) is 0 Å². The van der Waals surface area contributed by atoms with Crippen molar-refractivity contribution in [3.8, 4) is 0 Å². The van der Waals surface area contributed by atoms with Crippen molar-refractivity contribution in [2.24, 2.45) is 11.8 Å². The summed E-state index contributed by atoms with van der Waals surface area (Å²) in [5.74, 6) is 3.67. The summed E-state index contributed by atoms with van der Waals surface area (Å²) in [6, 6.07) is 0. The molecule has 2 heteroatoms. The average Bonchev–Trinajstić information content (AvgIpc) is 2.04. The molecule has 0 bridgehead atoms. The molecule has 0 amide bonds. The largest absolute Gasteiger partial charge is 0.179 e. The zero-order chi connectivity index (χ0) is 9.98. The Kier molecular flexibility index (Phi) is 14.8. The maximum atomic E-state index is 4.10. The number of hydrogen-bond donors (Lipinski definition) is 2. The molecular formula is C10H24S2. The highest BCUT2D eigenvalue weighted by atomic mass is 32.1. The Morgan fingerprint density at radius 1 is 1.08 bits per heavy atom. The van der Waals surface area contributed by atoms with Gasteiger partial charge in [-0.25, -0.2) is 0 Å². The second-order valence-electron chi connectivity index (χ2n) is 3.60. The first-order valence-electron chi connectivity index (χ1n) is 4.80. The first-order valence-corrected chi connectivity index (χ1v) is 6.06. The molecule has 0 aliphatic heterocycles. The van der Waals surface area contributed by atoms with Gasteiger partial charge in [-0.05, 0) is 29.8 Å². The smallest absolute Gasteiger partial charge is 0.00722 e. The quantitative estimate of drug-likeness (QED) is 0.643. The molecule has 0 nitrogen and oxygen atoms in total. The van der Waals surface area contributed by atoms with Crippen molar-refractivity contribution >= 4 is 25.3 Å². The molecule has 0 aromatic heterocycles. The molecule has 0 fully saturated rings. The molecule has 76 valence electrons. The first kappa shape index (κ1) is 15.2. The molecule has 0 heterocycles. The maximum Gasteiger partial charge on any atom is -0.00722 e. The van der Waals surface area contributed by atoms with Gasteiger partial charge in [0.05, 0.1) is 0 Å². The molecule has 0 spiro atoms. The van der Waals surface area contributed by atoms with Gasteiger partial charge in [0.15, 0.2) is 0 Å². The monoisotopic (exact) mass is 208 g/mol. The van der Waals surface area contributed by atoms with E-state index in [1.165, 1.54) is 12.8 Å². The lowest BCUT2D eigenvalue weighted by molar-refractivity contribution is 0.633. The summed E-state index contributed by atoms with van der Waals surface area (Å²) >= 11 is 8.16. The molecule has 1 unspecified atom stereocenters. The summed E-state index contributed by atoms with van der Waals surface area (Å²) in [5.41, 5.74) is 0. The van der Waals surface area contributed by atoms with E-state index in [9.17, 15) is 0 Å². The molecule has 0 aromatic rings. The lowest BCUT2D eigenvalue weighted by atomic mass is 10.2. The molecule has 0 aromatic carbocycles. The van der Waals surface area contributed by atoms with Crippen molar-refractivity contribution in [3.05, 3.63) is 0 Å². The van der Waals surface area contributed by atoms with Gasteiger partial charge in [-0.15, -0.1) is 0 Å². The lowest BCUT2D eigenvalue weighted by Gasteiger charge is -1.98. The Labute approximate surface area is 89.3 Å². The van der Waals surface area contributed by atoms with Crippen molar-refractivity contribution in [2.75, 3.05) is 11.5 Å². The Hall–Kier alpha value is 0.700. The normalized spacial score (nSPS) is 12.2. The number of thiol groups is 2. The van der Waals surface area contributed by atoms with E-state index in [4.69, 9.17) is 0 Å². The van der Waals surface area contributed by atoms with E-state index in [1.807, 2.05) is 0 Å². The predicted octanol–water partition coefficient (Wildman–Crippen LogP) is 3.92. The van der Waals surface area contributed by atoms with Gasteiger partial charge in [-0.3, -0.25) is 0 Å². The third kappa shape index (κ3) is 17.0. The lowest BCUT2D eigenvalue weighted by Crippen LogP contribution is -1.90. The Morgan fingerprint density at radius 2 is 1.58 bits per heavy atom. The van der Waals surface area contributed by atoms with Crippen LogP contribution in [0.15, 0.2) is 0 Å². The number of rotatable bonds is 4. The van der Waals surface area contributed by atoms with Crippen LogP contribution in [0.5, 0.6) is 0 Å². The topological polar surface area (TPSA) is 0 Å². The Morgan fingerprint density at radius 3 is 1.58 bits per heavy atom. The minimum atomic E-state index is 0.799. The van der Waals surface area contributed by atoms with Gasteiger partial charge in [0.25, 0.3) is 0 Å². The third-order valence-electron chi connectivity index (χ3n) is 1.72. The molecule has 0 radical (unpaired) electrons. The van der Waals surface area contributed by atoms with E-state index in [0.29, 0.717) is 0 Å². The second kappa shape index (κ2) is 11.7. The predicted molar refractivity (Wildman–Crippen MR) is 66.6 cm³/mol. The first-order chi connectivity index (χ1) is 5.58. The van der Waals surface area contributed by atoms with E-state index in [-0.39, 0.29) is 0 Å². The van der Waals surface area contributed by atoms with Crippen LogP contribution in [0.3, 0.4) is 0 Å². The van der Waals surface area contributed by atoms with E-state index in [0.717, 1.165) is 23.3 Å². The molecule has 0 aliphatic carbocycles. The highest BCUT2D eigenvalue weighted by Gasteiger charge is 1.89. The Balaban J connectivity index is 0. The molecule has 1 atom stereocenters. The zero-order valence-electron chi connectivity index (χ0n) is 8.88. The SMILES string of the molecule is CC(C)CCS.CCC(C)CS. The fourth-order valence-electron chi connectivity index (χ4n) is 0.387. The van der Waals surface area contributed by atoms with Gasteiger partial charge in [0.1, 0.15) is 0 Å². The highest BCUT2D eigenvalue weighted by molar-refractivity contribution is 7.80. The Bertz CT molecular complexity index is 68.2. The summed E-state index contributed by atoms with van der Waals surface area (Å²) in [7, 11) is 0. The van der Waals surface area contributed by atoms with E-state index in [1.54, 1.807) is 0 Å². The summed E-state index contributed by atoms with van der Waals surface area (Å²) in [4.78, 5) is 0. The molecule has 0 aliphatic rings. The fraction of sp³-hybridized carbons (Fsp3) is 1.00. The van der Waals surface area contributed by atoms with Gasteiger partial charge < -0.3 is 0 Å². The van der Waals surface area contributed by atoms with Gasteiger partial charge >= 0.3 is 0 Å². The zero-order valence-corrected chi connectivity index (χ0v) is 10.7. The summed E-state index contributed by atoms with van der Waals surface area (Å²) in [5, 5.41) is 0. The van der Waals surface area contributed by atoms with Gasteiger partial charge in [-0.2, -0.15) is 25.3 Å². The van der Waals surface area contributed by atoms with Crippen LogP contribution in [0.2, 0.25) is 0 Å². The second-order valence-corrected chi connectivity index (χ2v) is 4.41. The standard InChI is InChI=1S/2C5H12S/c1-5(2)3-4-6;1-3-5(2)4-6/h2*5-6H,3-4H2,1-2H3. The van der Waals surface area contributed by atoms with Gasteiger partial charge in [0.2, 0.25) is 0 Å². The fourth-order valence-corrected chi connectivity index (χ4v) is 1.16. The van der Waals surface area contributed by atoms with Crippen LogP contribution >= 0.6 is 25.3 Å². The summed E-state index contributed by atoms with van der Waals surface area (Å²) in [6.07, 6.45) is 2.49. The average molecular weight is 208 g/mol. The van der Waals surface area contributed by atoms with Gasteiger partial charge in [0, 0.05) is 0 Å². The van der Waals surface area contributed by atoms with Crippen LogP contribution in [0.1, 0.15) is 40.5 Å². The van der Waals surface area contributed by atoms with Crippen molar-refractivity contribution in [1.82, 2.24) is 0 Å². The van der Waals surface area contributed by atoms with Gasteiger partial charge in [-0.1, -0.05) is 34.1 Å². The van der Waals surface area contributed by atoms with Crippen molar-refractivity contribution in [1.29, 1.82) is 0 Å². The minimum Gasteiger partial charge on any atom is -0.179 e. The molecular weight excluding hydrogens is 184 g/mol. The van der Waals surface area contributed by atoms with Crippen LogP contribution in [0.4, 0.5) is 0 Å². The highest BCUT2D eigenvalue weighted by Crippen LogP contribution is 2.00. The van der Waals surface area contributed by atoms with E-state index < -0.39 is 0 Å². The summed E-state index contributed by atoms with van der Waals surface area (Å²) in [6.45, 7) is 8.79. The van der Waals surface area contributed by atoms with Crippen LogP contribution in [-0.2, 0) is 0 Å². The van der Waals surface area contributed by atoms with Crippen LogP contribution < -0.4 is 0 Å². The molecule has 0 N–H and O–H groups in total. The number of hydrogen-bond acceptors (Lipinski definition) is 2. The molecule has 0 saturated carbocycles. The van der Waals surface area contributed by atoms with Crippen LogP contribution in [-0.4, -0.2) is 11.5 Å². The van der Waals surface area contributed by atoms with Crippen molar-refractivity contribution in [2.45, 2.75) is 40.5 Å². The van der Waals surface area contributed by atoms with Crippen LogP contribution in [0, 0.1) is 11.8 Å². The van der Waals surface area contributed by atoms with E-state index in [2.05, 4.69) is 53.0 Å². The third-order valence-corrected chi connectivity index (χ3v) is 2.60. The van der Waals surface area contributed by atoms with E-state index >= 15 is 0 Å². The molecule has 12 heavy (non-hydrogen) atoms. The maximum absolute atomic E-state index is 4.10. The van der Waals surface area contributed by atoms with Crippen molar-refractivity contribution in [3.63, 3.8) is 0 Å². The molecule has 0 rings (SSSR count).